The Kier molecular flexibility index (Phi) is 7.91. The van der Waals surface area contributed by atoms with E-state index in [1.54, 1.807) is 0 Å². The third-order valence-corrected chi connectivity index (χ3v) is 13.0. The van der Waals surface area contributed by atoms with Crippen LogP contribution in [-0.2, 0) is 0 Å². The zero-order valence-corrected chi connectivity index (χ0v) is 34.2. The maximum absolute atomic E-state index is 6.56. The van der Waals surface area contributed by atoms with E-state index in [-0.39, 0.29) is 0 Å². The summed E-state index contributed by atoms with van der Waals surface area (Å²) in [6, 6.07) is 83.5. The van der Waals surface area contributed by atoms with Gasteiger partial charge in [-0.05, 0) is 122 Å². The van der Waals surface area contributed by atoms with E-state index in [0.717, 1.165) is 66.8 Å². The molecule has 0 N–H and O–H groups in total. The van der Waals surface area contributed by atoms with E-state index < -0.39 is 0 Å². The molecule has 63 heavy (non-hydrogen) atoms. The van der Waals surface area contributed by atoms with E-state index in [2.05, 4.69) is 240 Å². The van der Waals surface area contributed by atoms with Crippen LogP contribution in [0.1, 0.15) is 0 Å². The van der Waals surface area contributed by atoms with Crippen molar-refractivity contribution in [2.24, 2.45) is 0 Å². The van der Waals surface area contributed by atoms with Gasteiger partial charge < -0.3 is 13.9 Å². The maximum Gasteiger partial charge on any atom is 0.143 e. The van der Waals surface area contributed by atoms with Crippen LogP contribution in [0.2, 0.25) is 0 Å². The Hall–Kier alpha value is -8.40. The second kappa shape index (κ2) is 14.1. The first-order chi connectivity index (χ1) is 31.2. The Balaban J connectivity index is 0.915. The van der Waals surface area contributed by atoms with Crippen molar-refractivity contribution in [3.63, 3.8) is 0 Å². The molecule has 0 amide bonds. The molecule has 0 saturated carbocycles. The summed E-state index contributed by atoms with van der Waals surface area (Å²) in [6.45, 7) is 0. The van der Waals surface area contributed by atoms with Crippen LogP contribution in [0.3, 0.4) is 0 Å². The highest BCUT2D eigenvalue weighted by molar-refractivity contribution is 6.19. The number of rotatable bonds is 6. The first-order valence-electron chi connectivity index (χ1n) is 21.6. The number of hydrogen-bond donors (Lipinski definition) is 0. The zero-order valence-electron chi connectivity index (χ0n) is 34.2. The number of para-hydroxylation sites is 2. The maximum atomic E-state index is 6.56. The summed E-state index contributed by atoms with van der Waals surface area (Å²) in [7, 11) is 0. The summed E-state index contributed by atoms with van der Waals surface area (Å²) < 4.78 is 8.94. The summed E-state index contributed by atoms with van der Waals surface area (Å²) in [5.41, 5.74) is 13.3. The van der Waals surface area contributed by atoms with Crippen LogP contribution in [-0.4, -0.2) is 4.57 Å². The van der Waals surface area contributed by atoms with E-state index in [1.807, 2.05) is 0 Å². The van der Waals surface area contributed by atoms with Crippen molar-refractivity contribution in [2.45, 2.75) is 0 Å². The molecule has 0 radical (unpaired) electrons. The molecule has 0 spiro atoms. The van der Waals surface area contributed by atoms with Crippen molar-refractivity contribution in [1.82, 2.24) is 4.57 Å². The summed E-state index contributed by atoms with van der Waals surface area (Å²) in [5.74, 6) is 0. The third kappa shape index (κ3) is 5.67. The molecule has 0 aliphatic rings. The smallest absolute Gasteiger partial charge is 0.143 e. The Morgan fingerprint density at radius 1 is 0.333 bits per heavy atom. The Bertz CT molecular complexity index is 3860. The standard InChI is InChI=1S/C60H38N2O/c1-3-15-49-40(11-1)23-24-44-38-48(34-36-50(44)49)61(46-32-27-42(28-33-46)51-19-10-22-58-59(51)55-35-29-41-12-2-4-16-52(41)60(55)63-58)45-30-25-39(26-31-45)43-13-9-14-47(37-43)62-56-20-7-5-17-53(56)54-18-6-8-21-57(54)62/h1-38H. The molecule has 2 heterocycles. The number of hydrogen-bond acceptors (Lipinski definition) is 2. The molecule has 2 aromatic heterocycles. The molecule has 0 aliphatic carbocycles. The zero-order chi connectivity index (χ0) is 41.4. The number of anilines is 3. The molecule has 0 unspecified atom stereocenters. The summed E-state index contributed by atoms with van der Waals surface area (Å²) >= 11 is 0. The number of aromatic nitrogens is 1. The average Bonchev–Trinajstić information content (AvgIpc) is 3.91. The van der Waals surface area contributed by atoms with Gasteiger partial charge in [0.2, 0.25) is 0 Å². The Labute approximate surface area is 363 Å². The lowest BCUT2D eigenvalue weighted by atomic mass is 9.97. The van der Waals surface area contributed by atoms with Gasteiger partial charge in [0.05, 0.1) is 11.0 Å². The first-order valence-corrected chi connectivity index (χ1v) is 21.6. The monoisotopic (exact) mass is 802 g/mol. The fourth-order valence-corrected chi connectivity index (χ4v) is 10.00. The molecular formula is C60H38N2O. The molecule has 13 rings (SSSR count). The van der Waals surface area contributed by atoms with E-state index in [4.69, 9.17) is 4.42 Å². The minimum Gasteiger partial charge on any atom is -0.455 e. The normalized spacial score (nSPS) is 11.8. The van der Waals surface area contributed by atoms with Crippen molar-refractivity contribution >= 4 is 93.1 Å². The molecular weight excluding hydrogens is 765 g/mol. The van der Waals surface area contributed by atoms with Gasteiger partial charge in [0, 0.05) is 49.7 Å². The highest BCUT2D eigenvalue weighted by Gasteiger charge is 2.18. The summed E-state index contributed by atoms with van der Waals surface area (Å²) in [4.78, 5) is 2.37. The lowest BCUT2D eigenvalue weighted by Crippen LogP contribution is -2.09. The van der Waals surface area contributed by atoms with Crippen molar-refractivity contribution in [3.8, 4) is 27.9 Å². The van der Waals surface area contributed by atoms with E-state index in [9.17, 15) is 0 Å². The Morgan fingerprint density at radius 2 is 0.889 bits per heavy atom. The second-order valence-electron chi connectivity index (χ2n) is 16.5. The predicted octanol–water partition coefficient (Wildman–Crippen LogP) is 16.9. The predicted molar refractivity (Wildman–Crippen MR) is 266 cm³/mol. The highest BCUT2D eigenvalue weighted by Crippen LogP contribution is 2.43. The van der Waals surface area contributed by atoms with Crippen LogP contribution in [0, 0.1) is 0 Å². The fourth-order valence-electron chi connectivity index (χ4n) is 10.00. The molecule has 11 aromatic carbocycles. The second-order valence-corrected chi connectivity index (χ2v) is 16.5. The van der Waals surface area contributed by atoms with Gasteiger partial charge in [0.25, 0.3) is 0 Å². The largest absolute Gasteiger partial charge is 0.455 e. The molecule has 0 atom stereocenters. The number of benzene rings is 11. The summed E-state index contributed by atoms with van der Waals surface area (Å²) in [6.07, 6.45) is 0. The van der Waals surface area contributed by atoms with Gasteiger partial charge in [0.1, 0.15) is 11.2 Å². The van der Waals surface area contributed by atoms with Crippen LogP contribution < -0.4 is 4.90 Å². The summed E-state index contributed by atoms with van der Waals surface area (Å²) in [5, 5.41) is 12.1. The van der Waals surface area contributed by atoms with Gasteiger partial charge >= 0.3 is 0 Å². The van der Waals surface area contributed by atoms with Gasteiger partial charge in [-0.25, -0.2) is 0 Å². The van der Waals surface area contributed by atoms with Crippen molar-refractivity contribution < 1.29 is 4.42 Å². The lowest BCUT2D eigenvalue weighted by Gasteiger charge is -2.26. The van der Waals surface area contributed by atoms with Crippen LogP contribution in [0.4, 0.5) is 17.1 Å². The van der Waals surface area contributed by atoms with Crippen LogP contribution in [0.25, 0.3) is 104 Å². The molecule has 13 aromatic rings. The van der Waals surface area contributed by atoms with Gasteiger partial charge in [0.15, 0.2) is 0 Å². The van der Waals surface area contributed by atoms with Crippen LogP contribution in [0.5, 0.6) is 0 Å². The SMILES string of the molecule is c1cc(-c2ccc(N(c3ccc(-c4cccc5oc6c7ccccc7ccc6c45)cc3)c3ccc4c(ccc5ccccc54)c3)cc2)cc(-n2c3ccccc3c3ccccc32)c1. The molecule has 3 heteroatoms. The number of furan rings is 1. The topological polar surface area (TPSA) is 21.3 Å². The van der Waals surface area contributed by atoms with Crippen molar-refractivity contribution in [3.05, 3.63) is 231 Å². The van der Waals surface area contributed by atoms with Gasteiger partial charge in [-0.15, -0.1) is 0 Å². The quantitative estimate of drug-likeness (QED) is 0.156. The molecule has 0 aliphatic heterocycles. The van der Waals surface area contributed by atoms with Gasteiger partial charge in [-0.1, -0.05) is 158 Å². The van der Waals surface area contributed by atoms with E-state index in [0.29, 0.717) is 0 Å². The van der Waals surface area contributed by atoms with Gasteiger partial charge in [-0.3, -0.25) is 0 Å². The van der Waals surface area contributed by atoms with Gasteiger partial charge in [-0.2, -0.15) is 0 Å². The highest BCUT2D eigenvalue weighted by atomic mass is 16.3. The lowest BCUT2D eigenvalue weighted by molar-refractivity contribution is 0.673. The number of fused-ring (bicyclic) bond motifs is 11. The minimum atomic E-state index is 0.897. The number of nitrogens with zero attached hydrogens (tertiary/aromatic N) is 2. The molecule has 294 valence electrons. The minimum absolute atomic E-state index is 0.897. The molecule has 0 saturated heterocycles. The van der Waals surface area contributed by atoms with Crippen LogP contribution in [0.15, 0.2) is 235 Å². The van der Waals surface area contributed by atoms with Crippen LogP contribution >= 0.6 is 0 Å². The van der Waals surface area contributed by atoms with E-state index >= 15 is 0 Å². The molecule has 0 fully saturated rings. The Morgan fingerprint density at radius 3 is 1.63 bits per heavy atom. The first kappa shape index (κ1) is 35.4. The van der Waals surface area contributed by atoms with E-state index in [1.165, 1.54) is 54.3 Å². The van der Waals surface area contributed by atoms with Crippen molar-refractivity contribution in [1.29, 1.82) is 0 Å². The molecule has 0 bridgehead atoms. The fraction of sp³-hybridized carbons (Fsp3) is 0. The van der Waals surface area contributed by atoms with Crippen molar-refractivity contribution in [2.75, 3.05) is 4.90 Å². The molecule has 3 nitrogen and oxygen atoms in total. The average molecular weight is 803 g/mol. The third-order valence-electron chi connectivity index (χ3n) is 13.0.